The minimum atomic E-state index is -1.28. The van der Waals surface area contributed by atoms with Crippen LogP contribution in [0.1, 0.15) is 26.2 Å². The van der Waals surface area contributed by atoms with E-state index in [-0.39, 0.29) is 31.4 Å². The highest BCUT2D eigenvalue weighted by Gasteiger charge is 2.49. The van der Waals surface area contributed by atoms with Gasteiger partial charge in [-0.25, -0.2) is 0 Å². The molecule has 1 N–H and O–H groups in total. The number of ether oxygens (including phenoxy) is 1. The van der Waals surface area contributed by atoms with E-state index in [1.54, 1.807) is 0 Å². The van der Waals surface area contributed by atoms with Gasteiger partial charge < -0.3 is 10.1 Å². The SMILES string of the molecule is CC1CCNC2=C1C(=O)N(C1CCC(=O)N(COCC[Si](C)(C)C)C1=O)C2=O. The Labute approximate surface area is 166 Å². The number of nitrogens with one attached hydrogen (secondary N) is 1. The number of nitrogens with zero attached hydrogens (tertiary/aromatic N) is 2. The fourth-order valence-electron chi connectivity index (χ4n) is 3.76. The van der Waals surface area contributed by atoms with Crippen LogP contribution in [0.5, 0.6) is 0 Å². The minimum Gasteiger partial charge on any atom is -0.380 e. The average Bonchev–Trinajstić information content (AvgIpc) is 2.86. The number of rotatable bonds is 6. The second-order valence-corrected chi connectivity index (χ2v) is 14.6. The summed E-state index contributed by atoms with van der Waals surface area (Å²) in [4.78, 5) is 53.0. The predicted octanol–water partition coefficient (Wildman–Crippen LogP) is 1.07. The molecule has 3 aliphatic rings. The number of carbonyl (C=O) groups excluding carboxylic acids is 4. The smallest absolute Gasteiger partial charge is 0.278 e. The summed E-state index contributed by atoms with van der Waals surface area (Å²) in [5.74, 6) is -1.75. The van der Waals surface area contributed by atoms with E-state index in [1.165, 1.54) is 0 Å². The summed E-state index contributed by atoms with van der Waals surface area (Å²) in [5, 5.41) is 3.01. The highest BCUT2D eigenvalue weighted by molar-refractivity contribution is 6.76. The number of imide groups is 2. The van der Waals surface area contributed by atoms with E-state index < -0.39 is 31.8 Å². The van der Waals surface area contributed by atoms with Crippen molar-refractivity contribution in [3.63, 3.8) is 0 Å². The van der Waals surface area contributed by atoms with E-state index in [0.717, 1.165) is 22.3 Å². The van der Waals surface area contributed by atoms with E-state index in [9.17, 15) is 19.2 Å². The maximum absolute atomic E-state index is 12.9. The van der Waals surface area contributed by atoms with E-state index in [1.807, 2.05) is 6.92 Å². The molecule has 0 bridgehead atoms. The Morgan fingerprint density at radius 3 is 2.46 bits per heavy atom. The molecule has 2 unspecified atom stereocenters. The van der Waals surface area contributed by atoms with Crippen molar-refractivity contribution in [1.82, 2.24) is 15.1 Å². The topological polar surface area (TPSA) is 96.0 Å². The number of amides is 4. The maximum atomic E-state index is 12.9. The molecule has 0 aromatic heterocycles. The van der Waals surface area contributed by atoms with Crippen LogP contribution >= 0.6 is 0 Å². The van der Waals surface area contributed by atoms with Crippen molar-refractivity contribution in [2.45, 2.75) is 57.9 Å². The van der Waals surface area contributed by atoms with Crippen molar-refractivity contribution in [2.24, 2.45) is 5.92 Å². The summed E-state index contributed by atoms with van der Waals surface area (Å²) < 4.78 is 5.57. The lowest BCUT2D eigenvalue weighted by molar-refractivity contribution is -0.164. The third-order valence-corrected chi connectivity index (χ3v) is 7.24. The van der Waals surface area contributed by atoms with Gasteiger partial charge in [0.2, 0.25) is 5.91 Å². The monoisotopic (exact) mass is 407 g/mol. The zero-order chi connectivity index (χ0) is 20.6. The fourth-order valence-corrected chi connectivity index (χ4v) is 4.52. The zero-order valence-corrected chi connectivity index (χ0v) is 18.0. The van der Waals surface area contributed by atoms with Crippen molar-refractivity contribution < 1.29 is 23.9 Å². The van der Waals surface area contributed by atoms with Crippen molar-refractivity contribution in [1.29, 1.82) is 0 Å². The summed E-state index contributed by atoms with van der Waals surface area (Å²) in [6.45, 7) is 9.55. The molecule has 9 heteroatoms. The lowest BCUT2D eigenvalue weighted by Gasteiger charge is -2.34. The molecule has 28 heavy (non-hydrogen) atoms. The lowest BCUT2D eigenvalue weighted by atomic mass is 9.93. The Bertz CT molecular complexity index is 742. The van der Waals surface area contributed by atoms with Gasteiger partial charge in [-0.05, 0) is 24.8 Å². The molecule has 0 aromatic rings. The average molecular weight is 408 g/mol. The standard InChI is InChI=1S/C19H29N3O5Si/c1-12-7-8-20-16-15(12)18(25)22(19(16)26)13-5-6-14(23)21(17(13)24)11-27-9-10-28(2,3)4/h12-13,20H,5-11H2,1-4H3. The Morgan fingerprint density at radius 1 is 1.11 bits per heavy atom. The van der Waals surface area contributed by atoms with Gasteiger partial charge in [0, 0.05) is 33.2 Å². The van der Waals surface area contributed by atoms with Gasteiger partial charge in [-0.3, -0.25) is 29.0 Å². The second kappa shape index (κ2) is 7.79. The van der Waals surface area contributed by atoms with Gasteiger partial charge in [0.05, 0.1) is 0 Å². The molecule has 0 spiro atoms. The second-order valence-electron chi connectivity index (χ2n) is 8.95. The first-order chi connectivity index (χ1) is 13.1. The normalized spacial score (nSPS) is 26.1. The van der Waals surface area contributed by atoms with Gasteiger partial charge in [-0.2, -0.15) is 0 Å². The van der Waals surface area contributed by atoms with Crippen LogP contribution in [0.2, 0.25) is 25.7 Å². The highest BCUT2D eigenvalue weighted by atomic mass is 28.3. The molecule has 1 fully saturated rings. The quantitative estimate of drug-likeness (QED) is 0.402. The lowest BCUT2D eigenvalue weighted by Crippen LogP contribution is -2.57. The Kier molecular flexibility index (Phi) is 5.76. The summed E-state index contributed by atoms with van der Waals surface area (Å²) in [7, 11) is -1.28. The first-order valence-corrected chi connectivity index (χ1v) is 13.6. The van der Waals surface area contributed by atoms with Crippen LogP contribution in [0, 0.1) is 5.92 Å². The Balaban J connectivity index is 1.70. The van der Waals surface area contributed by atoms with Crippen molar-refractivity contribution in [3.8, 4) is 0 Å². The first kappa shape index (κ1) is 20.7. The molecule has 154 valence electrons. The van der Waals surface area contributed by atoms with Gasteiger partial charge in [0.25, 0.3) is 17.7 Å². The number of hydrogen-bond acceptors (Lipinski definition) is 6. The summed E-state index contributed by atoms with van der Waals surface area (Å²) in [6.07, 6.45) is 1.04. The van der Waals surface area contributed by atoms with E-state index in [4.69, 9.17) is 4.74 Å². The minimum absolute atomic E-state index is 0.0287. The third-order valence-electron chi connectivity index (χ3n) is 5.54. The number of carbonyl (C=O) groups is 4. The number of hydrogen-bond donors (Lipinski definition) is 1. The summed E-state index contributed by atoms with van der Waals surface area (Å²) in [6, 6.07) is -0.0199. The van der Waals surface area contributed by atoms with Crippen LogP contribution in [-0.4, -0.2) is 67.4 Å². The molecule has 8 nitrogen and oxygen atoms in total. The van der Waals surface area contributed by atoms with Crippen molar-refractivity contribution in [3.05, 3.63) is 11.3 Å². The molecule has 0 radical (unpaired) electrons. The van der Waals surface area contributed by atoms with Crippen LogP contribution in [0.25, 0.3) is 0 Å². The van der Waals surface area contributed by atoms with Crippen LogP contribution in [0.4, 0.5) is 0 Å². The van der Waals surface area contributed by atoms with Gasteiger partial charge in [0.1, 0.15) is 18.5 Å². The molecule has 1 saturated heterocycles. The van der Waals surface area contributed by atoms with Crippen LogP contribution in [0.15, 0.2) is 11.3 Å². The van der Waals surface area contributed by atoms with E-state index >= 15 is 0 Å². The van der Waals surface area contributed by atoms with Gasteiger partial charge in [-0.15, -0.1) is 0 Å². The molecule has 2 atom stereocenters. The fraction of sp³-hybridized carbons (Fsp3) is 0.684. The molecule has 3 rings (SSSR count). The largest absolute Gasteiger partial charge is 0.380 e. The molecule has 4 amide bonds. The Morgan fingerprint density at radius 2 is 1.82 bits per heavy atom. The molecular formula is C19H29N3O5Si. The zero-order valence-electron chi connectivity index (χ0n) is 17.0. The van der Waals surface area contributed by atoms with E-state index in [2.05, 4.69) is 25.0 Å². The van der Waals surface area contributed by atoms with Gasteiger partial charge >= 0.3 is 0 Å². The first-order valence-electron chi connectivity index (χ1n) is 9.89. The number of likely N-dealkylation sites (tertiary alicyclic amines) is 1. The molecule has 0 aliphatic carbocycles. The highest BCUT2D eigenvalue weighted by Crippen LogP contribution is 2.33. The van der Waals surface area contributed by atoms with Crippen LogP contribution < -0.4 is 5.32 Å². The van der Waals surface area contributed by atoms with Crippen molar-refractivity contribution >= 4 is 31.7 Å². The Hall–Kier alpha value is -2.00. The van der Waals surface area contributed by atoms with Crippen LogP contribution in [-0.2, 0) is 23.9 Å². The molecular weight excluding hydrogens is 378 g/mol. The molecule has 0 saturated carbocycles. The molecule has 3 heterocycles. The number of piperidine rings is 1. The third kappa shape index (κ3) is 3.91. The predicted molar refractivity (Wildman–Crippen MR) is 105 cm³/mol. The molecule has 0 aromatic carbocycles. The van der Waals surface area contributed by atoms with Crippen molar-refractivity contribution in [2.75, 3.05) is 19.9 Å². The maximum Gasteiger partial charge on any atom is 0.278 e. The summed E-state index contributed by atoms with van der Waals surface area (Å²) in [5.41, 5.74) is 0.769. The van der Waals surface area contributed by atoms with Gasteiger partial charge in [-0.1, -0.05) is 26.6 Å². The van der Waals surface area contributed by atoms with Crippen LogP contribution in [0.3, 0.4) is 0 Å². The summed E-state index contributed by atoms with van der Waals surface area (Å²) >= 11 is 0. The molecule has 3 aliphatic heterocycles. The van der Waals surface area contributed by atoms with Gasteiger partial charge in [0.15, 0.2) is 0 Å². The van der Waals surface area contributed by atoms with E-state index in [0.29, 0.717) is 24.4 Å².